The van der Waals surface area contributed by atoms with Gasteiger partial charge in [-0.05, 0) is 0 Å². The number of allylic oxidation sites excluding steroid dienone is 1. The van der Waals surface area contributed by atoms with Crippen LogP contribution in [-0.4, -0.2) is 61.2 Å². The molecule has 0 amide bonds. The van der Waals surface area contributed by atoms with Crippen LogP contribution in [0.5, 0.6) is 0 Å². The molecule has 3 atom stereocenters. The molecular formula is C14H10O8. The Hall–Kier alpha value is -2.55. The largest absolute Gasteiger partial charge is 0.507 e. The number of carbonyl (C=O) groups excluding carboxylic acids is 3. The number of aliphatic hydroxyl groups is 5. The molecule has 3 aliphatic rings. The van der Waals surface area contributed by atoms with Crippen LogP contribution in [0.4, 0.5) is 0 Å². The maximum atomic E-state index is 11.9. The van der Waals surface area contributed by atoms with Gasteiger partial charge in [-0.1, -0.05) is 0 Å². The van der Waals surface area contributed by atoms with Crippen LogP contribution < -0.4 is 0 Å². The van der Waals surface area contributed by atoms with Crippen molar-refractivity contribution in [1.29, 1.82) is 0 Å². The first-order valence-corrected chi connectivity index (χ1v) is 6.22. The van der Waals surface area contributed by atoms with Gasteiger partial charge >= 0.3 is 0 Å². The maximum Gasteiger partial charge on any atom is 0.232 e. The van der Waals surface area contributed by atoms with Gasteiger partial charge in [0, 0.05) is 34.4 Å². The van der Waals surface area contributed by atoms with Crippen LogP contribution >= 0.6 is 0 Å². The SMILES string of the molecule is O=C1C=C(O)C2=C(C1=O)C(O)C1=C(C(O)C(=O)C=C1O)C2O. The molecule has 8 nitrogen and oxygen atoms in total. The Morgan fingerprint density at radius 3 is 1.95 bits per heavy atom. The molecular weight excluding hydrogens is 296 g/mol. The summed E-state index contributed by atoms with van der Waals surface area (Å²) in [7, 11) is 0. The van der Waals surface area contributed by atoms with Gasteiger partial charge in [0.2, 0.25) is 11.6 Å². The third-order valence-electron chi connectivity index (χ3n) is 3.85. The lowest BCUT2D eigenvalue weighted by atomic mass is 9.72. The fourth-order valence-corrected chi connectivity index (χ4v) is 2.85. The van der Waals surface area contributed by atoms with Crippen LogP contribution in [0.3, 0.4) is 0 Å². The topological polar surface area (TPSA) is 152 Å². The highest BCUT2D eigenvalue weighted by atomic mass is 16.3. The third kappa shape index (κ3) is 1.65. The molecule has 0 aliphatic heterocycles. The Morgan fingerprint density at radius 1 is 0.727 bits per heavy atom. The van der Waals surface area contributed by atoms with Crippen LogP contribution in [0, 0.1) is 0 Å². The van der Waals surface area contributed by atoms with Gasteiger partial charge in [0.15, 0.2) is 5.78 Å². The Balaban J connectivity index is 2.26. The second-order valence-electron chi connectivity index (χ2n) is 5.06. The zero-order valence-corrected chi connectivity index (χ0v) is 10.8. The van der Waals surface area contributed by atoms with E-state index in [4.69, 9.17) is 0 Å². The Kier molecular flexibility index (Phi) is 2.92. The molecule has 3 rings (SSSR count). The molecule has 3 unspecified atom stereocenters. The molecule has 0 spiro atoms. The summed E-state index contributed by atoms with van der Waals surface area (Å²) in [4.78, 5) is 34.9. The molecule has 114 valence electrons. The molecule has 0 aromatic heterocycles. The first-order chi connectivity index (χ1) is 10.3. The van der Waals surface area contributed by atoms with Crippen molar-refractivity contribution >= 4 is 17.3 Å². The lowest BCUT2D eigenvalue weighted by Crippen LogP contribution is -2.44. The molecule has 0 saturated carbocycles. The summed E-state index contributed by atoms with van der Waals surface area (Å²) in [6, 6.07) is 0. The lowest BCUT2D eigenvalue weighted by Gasteiger charge is -2.36. The average Bonchev–Trinajstić information content (AvgIpc) is 2.44. The van der Waals surface area contributed by atoms with Crippen LogP contribution in [0.25, 0.3) is 0 Å². The molecule has 5 N–H and O–H groups in total. The standard InChI is InChI=1S/C14H10O8/c15-3-1-5(17)11(19)9-7(3)13(21)10-8(14(9)22)4(16)2-6(18)12(10)20/h1-2,11,13-16,19,21-22H. The smallest absolute Gasteiger partial charge is 0.232 e. The highest BCUT2D eigenvalue weighted by Crippen LogP contribution is 2.41. The molecule has 3 aliphatic carbocycles. The summed E-state index contributed by atoms with van der Waals surface area (Å²) in [5, 5.41) is 49.9. The molecule has 0 bridgehead atoms. The maximum absolute atomic E-state index is 11.9. The van der Waals surface area contributed by atoms with Crippen molar-refractivity contribution in [1.82, 2.24) is 0 Å². The van der Waals surface area contributed by atoms with Gasteiger partial charge in [0.05, 0.1) is 0 Å². The number of aliphatic hydroxyl groups excluding tert-OH is 5. The third-order valence-corrected chi connectivity index (χ3v) is 3.85. The van der Waals surface area contributed by atoms with Crippen molar-refractivity contribution in [3.63, 3.8) is 0 Å². The van der Waals surface area contributed by atoms with Crippen LogP contribution in [0.15, 0.2) is 46.0 Å². The summed E-state index contributed by atoms with van der Waals surface area (Å²) in [6.45, 7) is 0. The molecule has 0 radical (unpaired) electrons. The summed E-state index contributed by atoms with van der Waals surface area (Å²) >= 11 is 0. The average molecular weight is 306 g/mol. The lowest BCUT2D eigenvalue weighted by molar-refractivity contribution is -0.132. The van der Waals surface area contributed by atoms with E-state index in [1.165, 1.54) is 0 Å². The quantitative estimate of drug-likeness (QED) is 0.262. The van der Waals surface area contributed by atoms with Gasteiger partial charge < -0.3 is 25.5 Å². The zero-order chi connectivity index (χ0) is 16.3. The molecule has 0 fully saturated rings. The van der Waals surface area contributed by atoms with Crippen molar-refractivity contribution < 1.29 is 39.9 Å². The summed E-state index contributed by atoms with van der Waals surface area (Å²) < 4.78 is 0. The molecule has 0 aromatic carbocycles. The molecule has 0 saturated heterocycles. The fraction of sp³-hybridized carbons (Fsp3) is 0.214. The van der Waals surface area contributed by atoms with Gasteiger partial charge in [-0.15, -0.1) is 0 Å². The first-order valence-electron chi connectivity index (χ1n) is 6.22. The van der Waals surface area contributed by atoms with Crippen LogP contribution in [0.1, 0.15) is 0 Å². The highest BCUT2D eigenvalue weighted by Gasteiger charge is 2.48. The van der Waals surface area contributed by atoms with E-state index in [0.717, 1.165) is 0 Å². The minimum absolute atomic E-state index is 0.422. The minimum Gasteiger partial charge on any atom is -0.507 e. The van der Waals surface area contributed by atoms with Gasteiger partial charge in [-0.25, -0.2) is 0 Å². The number of Topliss-reactive ketones (excluding diaryl/α,β-unsaturated/α-hetero) is 1. The van der Waals surface area contributed by atoms with E-state index in [2.05, 4.69) is 0 Å². The van der Waals surface area contributed by atoms with Gasteiger partial charge in [-0.3, -0.25) is 14.4 Å². The zero-order valence-electron chi connectivity index (χ0n) is 10.8. The monoisotopic (exact) mass is 306 g/mol. The van der Waals surface area contributed by atoms with E-state index < -0.39 is 69.5 Å². The number of rotatable bonds is 0. The molecule has 0 aromatic rings. The predicted octanol–water partition coefficient (Wildman–Crippen LogP) is -1.71. The summed E-state index contributed by atoms with van der Waals surface area (Å²) in [5.74, 6) is -4.63. The predicted molar refractivity (Wildman–Crippen MR) is 68.5 cm³/mol. The van der Waals surface area contributed by atoms with Gasteiger partial charge in [-0.2, -0.15) is 0 Å². The van der Waals surface area contributed by atoms with Crippen LogP contribution in [-0.2, 0) is 14.4 Å². The van der Waals surface area contributed by atoms with Crippen molar-refractivity contribution in [2.45, 2.75) is 18.3 Å². The number of hydrogen-bond donors (Lipinski definition) is 5. The number of ketones is 3. The Morgan fingerprint density at radius 2 is 1.32 bits per heavy atom. The normalized spacial score (nSPS) is 31.8. The second kappa shape index (κ2) is 4.47. The van der Waals surface area contributed by atoms with E-state index >= 15 is 0 Å². The second-order valence-corrected chi connectivity index (χ2v) is 5.06. The summed E-state index contributed by atoms with van der Waals surface area (Å²) in [5.41, 5.74) is -1.90. The molecule has 22 heavy (non-hydrogen) atoms. The van der Waals surface area contributed by atoms with E-state index in [1.807, 2.05) is 0 Å². The Labute approximate surface area is 122 Å². The minimum atomic E-state index is -1.86. The van der Waals surface area contributed by atoms with Gasteiger partial charge in [0.1, 0.15) is 29.8 Å². The Bertz CT molecular complexity index is 764. The highest BCUT2D eigenvalue weighted by molar-refractivity contribution is 6.49. The van der Waals surface area contributed by atoms with Gasteiger partial charge in [0.25, 0.3) is 0 Å². The van der Waals surface area contributed by atoms with Crippen molar-refractivity contribution in [3.8, 4) is 0 Å². The van der Waals surface area contributed by atoms with E-state index in [0.29, 0.717) is 12.2 Å². The summed E-state index contributed by atoms with van der Waals surface area (Å²) in [6.07, 6.45) is -4.30. The van der Waals surface area contributed by atoms with Crippen molar-refractivity contribution in [3.05, 3.63) is 46.0 Å². The first kappa shape index (κ1) is 14.4. The van der Waals surface area contributed by atoms with Crippen molar-refractivity contribution in [2.75, 3.05) is 0 Å². The molecule has 0 heterocycles. The number of carbonyl (C=O) groups is 3. The molecule has 8 heteroatoms. The van der Waals surface area contributed by atoms with E-state index in [9.17, 15) is 39.9 Å². The van der Waals surface area contributed by atoms with E-state index in [1.54, 1.807) is 0 Å². The van der Waals surface area contributed by atoms with Crippen molar-refractivity contribution in [2.24, 2.45) is 0 Å². The van der Waals surface area contributed by atoms with Crippen LogP contribution in [0.2, 0.25) is 0 Å². The number of hydrogen-bond acceptors (Lipinski definition) is 8. The fourth-order valence-electron chi connectivity index (χ4n) is 2.85. The van der Waals surface area contributed by atoms with E-state index in [-0.39, 0.29) is 0 Å².